The molecule has 0 heterocycles. The number of hydrogen-bond donors (Lipinski definition) is 1. The van der Waals surface area contributed by atoms with Crippen molar-refractivity contribution in [3.63, 3.8) is 0 Å². The molecule has 1 amide bonds. The molecule has 128 valence electrons. The highest BCUT2D eigenvalue weighted by Gasteiger charge is 2.16. The molecule has 0 radical (unpaired) electrons. The molecule has 1 atom stereocenters. The summed E-state index contributed by atoms with van der Waals surface area (Å²) in [5, 5.41) is 3.42. The van der Waals surface area contributed by atoms with Crippen LogP contribution in [0.15, 0.2) is 36.4 Å². The maximum atomic E-state index is 13.0. The fraction of sp³-hybridized carbons (Fsp3) is 0.316. The van der Waals surface area contributed by atoms with Crippen molar-refractivity contribution >= 4 is 23.2 Å². The monoisotopic (exact) mass is 348 g/mol. The van der Waals surface area contributed by atoms with Crippen LogP contribution in [-0.2, 0) is 4.79 Å². The molecule has 0 aliphatic rings. The lowest BCUT2D eigenvalue weighted by Gasteiger charge is -2.24. The molecule has 3 nitrogen and oxygen atoms in total. The van der Waals surface area contributed by atoms with Gasteiger partial charge in [-0.3, -0.25) is 9.69 Å². The number of aryl methyl sites for hydroxylation is 2. The number of benzene rings is 2. The van der Waals surface area contributed by atoms with Crippen molar-refractivity contribution in [2.45, 2.75) is 26.8 Å². The van der Waals surface area contributed by atoms with Crippen LogP contribution in [0.1, 0.15) is 29.7 Å². The fourth-order valence-electron chi connectivity index (χ4n) is 2.61. The number of anilines is 1. The first-order valence-electron chi connectivity index (χ1n) is 7.80. The van der Waals surface area contributed by atoms with Crippen LogP contribution in [0.3, 0.4) is 0 Å². The van der Waals surface area contributed by atoms with Crippen molar-refractivity contribution in [3.05, 3.63) is 63.9 Å². The molecule has 2 rings (SSSR count). The zero-order valence-electron chi connectivity index (χ0n) is 14.4. The Morgan fingerprint density at radius 3 is 2.46 bits per heavy atom. The summed E-state index contributed by atoms with van der Waals surface area (Å²) in [5.41, 5.74) is 3.59. The van der Waals surface area contributed by atoms with Gasteiger partial charge in [0.15, 0.2) is 0 Å². The molecule has 1 N–H and O–H groups in total. The number of carbonyl (C=O) groups excluding carboxylic acids is 1. The highest BCUT2D eigenvalue weighted by atomic mass is 35.5. The topological polar surface area (TPSA) is 32.3 Å². The molecular formula is C19H22ClFN2O. The van der Waals surface area contributed by atoms with Crippen LogP contribution < -0.4 is 5.32 Å². The number of likely N-dealkylation sites (N-methyl/N-ethyl adjacent to an activating group) is 1. The third kappa shape index (κ3) is 4.56. The predicted molar refractivity (Wildman–Crippen MR) is 97.0 cm³/mol. The molecule has 2 aromatic rings. The van der Waals surface area contributed by atoms with Gasteiger partial charge in [0.25, 0.3) is 0 Å². The molecule has 0 saturated carbocycles. The Labute approximate surface area is 147 Å². The zero-order chi connectivity index (χ0) is 17.9. The van der Waals surface area contributed by atoms with Gasteiger partial charge in [0.05, 0.1) is 17.3 Å². The van der Waals surface area contributed by atoms with E-state index in [-0.39, 0.29) is 24.3 Å². The Morgan fingerprint density at radius 2 is 1.88 bits per heavy atom. The summed E-state index contributed by atoms with van der Waals surface area (Å²) in [6.45, 7) is 6.06. The highest BCUT2D eigenvalue weighted by Crippen LogP contribution is 2.27. The van der Waals surface area contributed by atoms with E-state index in [1.807, 2.05) is 44.9 Å². The minimum absolute atomic E-state index is 0.00839. The summed E-state index contributed by atoms with van der Waals surface area (Å²) in [6, 6.07) is 10.1. The Morgan fingerprint density at radius 1 is 1.25 bits per heavy atom. The number of nitrogens with zero attached hydrogens (tertiary/aromatic N) is 1. The van der Waals surface area contributed by atoms with Crippen LogP contribution in [0.2, 0.25) is 5.02 Å². The quantitative estimate of drug-likeness (QED) is 0.847. The van der Waals surface area contributed by atoms with E-state index in [4.69, 9.17) is 11.6 Å². The molecule has 0 aromatic heterocycles. The lowest BCUT2D eigenvalue weighted by molar-refractivity contribution is -0.117. The summed E-state index contributed by atoms with van der Waals surface area (Å²) >= 11 is 6.22. The average molecular weight is 349 g/mol. The number of amides is 1. The number of hydrogen-bond acceptors (Lipinski definition) is 2. The average Bonchev–Trinajstić information content (AvgIpc) is 2.50. The largest absolute Gasteiger partial charge is 0.323 e. The van der Waals surface area contributed by atoms with Crippen molar-refractivity contribution in [1.82, 2.24) is 4.90 Å². The van der Waals surface area contributed by atoms with Gasteiger partial charge in [0.1, 0.15) is 5.82 Å². The Bertz CT molecular complexity index is 708. The summed E-state index contributed by atoms with van der Waals surface area (Å²) in [7, 11) is 1.86. The maximum absolute atomic E-state index is 13.0. The van der Waals surface area contributed by atoms with Gasteiger partial charge in [0.2, 0.25) is 5.91 Å². The van der Waals surface area contributed by atoms with E-state index in [2.05, 4.69) is 5.32 Å². The normalized spacial score (nSPS) is 12.3. The molecule has 5 heteroatoms. The SMILES string of the molecule is Cc1cc(C)c(NC(=O)CN(C)C(C)c2ccc(F)cc2)c(Cl)c1. The lowest BCUT2D eigenvalue weighted by atomic mass is 10.1. The van der Waals surface area contributed by atoms with Gasteiger partial charge in [-0.25, -0.2) is 4.39 Å². The summed E-state index contributed by atoms with van der Waals surface area (Å²) < 4.78 is 13.0. The number of rotatable bonds is 5. The van der Waals surface area contributed by atoms with E-state index in [0.717, 1.165) is 16.7 Å². The highest BCUT2D eigenvalue weighted by molar-refractivity contribution is 6.34. The minimum Gasteiger partial charge on any atom is -0.323 e. The van der Waals surface area contributed by atoms with Gasteiger partial charge in [-0.1, -0.05) is 29.8 Å². The van der Waals surface area contributed by atoms with Gasteiger partial charge in [-0.2, -0.15) is 0 Å². The number of halogens is 2. The van der Waals surface area contributed by atoms with Gasteiger partial charge in [-0.05, 0) is 62.7 Å². The third-order valence-electron chi connectivity index (χ3n) is 4.10. The molecule has 0 aliphatic carbocycles. The van der Waals surface area contributed by atoms with Crippen LogP contribution in [-0.4, -0.2) is 24.4 Å². The molecule has 24 heavy (non-hydrogen) atoms. The van der Waals surface area contributed by atoms with Crippen LogP contribution >= 0.6 is 11.6 Å². The maximum Gasteiger partial charge on any atom is 0.238 e. The Kier molecular flexibility index (Phi) is 5.97. The van der Waals surface area contributed by atoms with E-state index in [9.17, 15) is 9.18 Å². The standard InChI is InChI=1S/C19H22ClFN2O/c1-12-9-13(2)19(17(20)10-12)22-18(24)11-23(4)14(3)15-5-7-16(21)8-6-15/h5-10,14H,11H2,1-4H3,(H,22,24). The Balaban J connectivity index is 2.03. The molecule has 2 aromatic carbocycles. The predicted octanol–water partition coefficient (Wildman–Crippen LogP) is 4.73. The second-order valence-electron chi connectivity index (χ2n) is 6.13. The first-order chi connectivity index (χ1) is 11.3. The third-order valence-corrected chi connectivity index (χ3v) is 4.40. The summed E-state index contributed by atoms with van der Waals surface area (Å²) in [5.74, 6) is -0.406. The zero-order valence-corrected chi connectivity index (χ0v) is 15.1. The molecule has 1 unspecified atom stereocenters. The van der Waals surface area contributed by atoms with Gasteiger partial charge >= 0.3 is 0 Å². The van der Waals surface area contributed by atoms with E-state index >= 15 is 0 Å². The summed E-state index contributed by atoms with van der Waals surface area (Å²) in [4.78, 5) is 14.2. The van der Waals surface area contributed by atoms with Crippen LogP contribution in [0.25, 0.3) is 0 Å². The van der Waals surface area contributed by atoms with Gasteiger partial charge < -0.3 is 5.32 Å². The van der Waals surface area contributed by atoms with Crippen molar-refractivity contribution < 1.29 is 9.18 Å². The fourth-order valence-corrected chi connectivity index (χ4v) is 2.98. The summed E-state index contributed by atoms with van der Waals surface area (Å²) in [6.07, 6.45) is 0. The van der Waals surface area contributed by atoms with E-state index in [1.54, 1.807) is 12.1 Å². The first-order valence-corrected chi connectivity index (χ1v) is 8.18. The van der Waals surface area contributed by atoms with E-state index in [1.165, 1.54) is 12.1 Å². The minimum atomic E-state index is -0.268. The Hall–Kier alpha value is -1.91. The smallest absolute Gasteiger partial charge is 0.238 e. The van der Waals surface area contributed by atoms with Crippen LogP contribution in [0, 0.1) is 19.7 Å². The second kappa shape index (κ2) is 7.77. The van der Waals surface area contributed by atoms with E-state index < -0.39 is 0 Å². The first kappa shape index (κ1) is 18.4. The molecule has 0 aliphatic heterocycles. The molecule has 0 saturated heterocycles. The van der Waals surface area contributed by atoms with E-state index in [0.29, 0.717) is 10.7 Å². The van der Waals surface area contributed by atoms with Gasteiger partial charge in [-0.15, -0.1) is 0 Å². The molecule has 0 fully saturated rings. The molecule has 0 spiro atoms. The number of nitrogens with one attached hydrogen (secondary N) is 1. The van der Waals surface area contributed by atoms with Crippen molar-refractivity contribution in [2.75, 3.05) is 18.9 Å². The van der Waals surface area contributed by atoms with Gasteiger partial charge in [0, 0.05) is 6.04 Å². The van der Waals surface area contributed by atoms with Crippen molar-refractivity contribution in [2.24, 2.45) is 0 Å². The van der Waals surface area contributed by atoms with Crippen LogP contribution in [0.4, 0.5) is 10.1 Å². The lowest BCUT2D eigenvalue weighted by Crippen LogP contribution is -2.32. The second-order valence-corrected chi connectivity index (χ2v) is 6.54. The van der Waals surface area contributed by atoms with Crippen molar-refractivity contribution in [1.29, 1.82) is 0 Å². The van der Waals surface area contributed by atoms with Crippen LogP contribution in [0.5, 0.6) is 0 Å². The molecule has 0 bridgehead atoms. The van der Waals surface area contributed by atoms with Crippen molar-refractivity contribution in [3.8, 4) is 0 Å². The molecular weight excluding hydrogens is 327 g/mol. The number of carbonyl (C=O) groups is 1.